The highest BCUT2D eigenvalue weighted by Gasteiger charge is 2.36. The predicted octanol–water partition coefficient (Wildman–Crippen LogP) is 2.90. The molecule has 2 rings (SSSR count). The summed E-state index contributed by atoms with van der Waals surface area (Å²) < 4.78 is 10.9. The largest absolute Gasteiger partial charge is 0.444 e. The Morgan fingerprint density at radius 3 is 2.50 bits per heavy atom. The highest BCUT2D eigenvalue weighted by molar-refractivity contribution is 5.77. The Labute approximate surface area is 145 Å². The van der Waals surface area contributed by atoms with E-state index in [4.69, 9.17) is 9.47 Å². The molecule has 1 aliphatic heterocycles. The van der Waals surface area contributed by atoms with Crippen molar-refractivity contribution in [2.45, 2.75) is 89.4 Å². The van der Waals surface area contributed by atoms with Crippen molar-refractivity contribution < 1.29 is 19.1 Å². The van der Waals surface area contributed by atoms with Crippen LogP contribution in [0.15, 0.2) is 0 Å². The van der Waals surface area contributed by atoms with E-state index in [2.05, 4.69) is 10.6 Å². The van der Waals surface area contributed by atoms with Crippen LogP contribution in [0.4, 0.5) is 4.79 Å². The van der Waals surface area contributed by atoms with Crippen LogP contribution in [0, 0.1) is 0 Å². The standard InChI is InChI=1S/C18H32N2O4/c1-17(2,3)24-16(22)19-13-18(10-4-5-11-18)20-15(21)9-8-14-7-6-12-23-14/h14H,4-13H2,1-3H3,(H,19,22)(H,20,21)/t14-/m0/s1. The van der Waals surface area contributed by atoms with Gasteiger partial charge >= 0.3 is 6.09 Å². The van der Waals surface area contributed by atoms with Gasteiger partial charge in [0.1, 0.15) is 5.60 Å². The first-order valence-electron chi connectivity index (χ1n) is 9.18. The molecule has 1 saturated heterocycles. The van der Waals surface area contributed by atoms with Crippen molar-refractivity contribution >= 4 is 12.0 Å². The maximum Gasteiger partial charge on any atom is 0.407 e. The molecule has 0 bridgehead atoms. The molecule has 6 heteroatoms. The molecule has 1 aliphatic carbocycles. The number of alkyl carbamates (subject to hydrolysis) is 1. The molecule has 2 aliphatic rings. The summed E-state index contributed by atoms with van der Waals surface area (Å²) in [6.07, 6.45) is 7.15. The highest BCUT2D eigenvalue weighted by Crippen LogP contribution is 2.29. The van der Waals surface area contributed by atoms with Crippen LogP contribution in [0.5, 0.6) is 0 Å². The highest BCUT2D eigenvalue weighted by atomic mass is 16.6. The summed E-state index contributed by atoms with van der Waals surface area (Å²) in [5.74, 6) is 0.0541. The summed E-state index contributed by atoms with van der Waals surface area (Å²) in [7, 11) is 0. The fraction of sp³-hybridized carbons (Fsp3) is 0.889. The lowest BCUT2D eigenvalue weighted by Crippen LogP contribution is -2.54. The summed E-state index contributed by atoms with van der Waals surface area (Å²) >= 11 is 0. The third kappa shape index (κ3) is 6.30. The third-order valence-electron chi connectivity index (χ3n) is 4.65. The quantitative estimate of drug-likeness (QED) is 0.779. The molecular formula is C18H32N2O4. The van der Waals surface area contributed by atoms with Crippen LogP contribution in [-0.2, 0) is 14.3 Å². The molecular weight excluding hydrogens is 308 g/mol. The van der Waals surface area contributed by atoms with Crippen molar-refractivity contribution in [3.63, 3.8) is 0 Å². The zero-order chi connectivity index (χ0) is 17.6. The second-order valence-corrected chi connectivity index (χ2v) is 8.06. The molecule has 0 spiro atoms. The van der Waals surface area contributed by atoms with E-state index < -0.39 is 11.7 Å². The second kappa shape index (κ2) is 8.19. The molecule has 0 unspecified atom stereocenters. The molecule has 1 atom stereocenters. The predicted molar refractivity (Wildman–Crippen MR) is 91.8 cm³/mol. The number of hydrogen-bond acceptors (Lipinski definition) is 4. The molecule has 2 amide bonds. The van der Waals surface area contributed by atoms with Crippen molar-refractivity contribution in [3.05, 3.63) is 0 Å². The average Bonchev–Trinajstić information content (AvgIpc) is 3.13. The van der Waals surface area contributed by atoms with E-state index in [1.165, 1.54) is 0 Å². The summed E-state index contributed by atoms with van der Waals surface area (Å²) in [4.78, 5) is 24.2. The van der Waals surface area contributed by atoms with E-state index in [9.17, 15) is 9.59 Å². The van der Waals surface area contributed by atoms with Gasteiger partial charge in [0.25, 0.3) is 0 Å². The molecule has 0 radical (unpaired) electrons. The van der Waals surface area contributed by atoms with Gasteiger partial charge in [-0.15, -0.1) is 0 Å². The molecule has 2 fully saturated rings. The smallest absolute Gasteiger partial charge is 0.407 e. The van der Waals surface area contributed by atoms with E-state index in [1.807, 2.05) is 20.8 Å². The number of carbonyl (C=O) groups excluding carboxylic acids is 2. The van der Waals surface area contributed by atoms with E-state index in [1.54, 1.807) is 0 Å². The Bertz CT molecular complexity index is 433. The van der Waals surface area contributed by atoms with Gasteiger partial charge in [-0.2, -0.15) is 0 Å². The first-order valence-corrected chi connectivity index (χ1v) is 9.18. The Morgan fingerprint density at radius 1 is 1.21 bits per heavy atom. The van der Waals surface area contributed by atoms with Gasteiger partial charge in [0.05, 0.1) is 11.6 Å². The van der Waals surface area contributed by atoms with Gasteiger partial charge in [-0.25, -0.2) is 4.79 Å². The number of ether oxygens (including phenoxy) is 2. The van der Waals surface area contributed by atoms with Gasteiger partial charge in [0.15, 0.2) is 0 Å². The maximum absolute atomic E-state index is 12.3. The lowest BCUT2D eigenvalue weighted by Gasteiger charge is -2.31. The fourth-order valence-corrected chi connectivity index (χ4v) is 3.48. The number of carbonyl (C=O) groups is 2. The van der Waals surface area contributed by atoms with Gasteiger partial charge in [-0.05, 0) is 52.9 Å². The first kappa shape index (κ1) is 19.0. The van der Waals surface area contributed by atoms with Gasteiger partial charge in [-0.1, -0.05) is 12.8 Å². The minimum Gasteiger partial charge on any atom is -0.444 e. The van der Waals surface area contributed by atoms with Gasteiger partial charge < -0.3 is 20.1 Å². The van der Waals surface area contributed by atoms with E-state index >= 15 is 0 Å². The third-order valence-corrected chi connectivity index (χ3v) is 4.65. The maximum atomic E-state index is 12.3. The summed E-state index contributed by atoms with van der Waals surface area (Å²) in [5.41, 5.74) is -0.845. The van der Waals surface area contributed by atoms with Crippen LogP contribution in [0.1, 0.15) is 72.1 Å². The molecule has 1 heterocycles. The average molecular weight is 340 g/mol. The Balaban J connectivity index is 1.78. The van der Waals surface area contributed by atoms with Crippen LogP contribution < -0.4 is 10.6 Å². The van der Waals surface area contributed by atoms with Gasteiger partial charge in [-0.3, -0.25) is 4.79 Å². The number of rotatable bonds is 6. The van der Waals surface area contributed by atoms with E-state index in [0.717, 1.165) is 51.6 Å². The van der Waals surface area contributed by atoms with Crippen LogP contribution in [0.2, 0.25) is 0 Å². The lowest BCUT2D eigenvalue weighted by atomic mass is 9.97. The van der Waals surface area contributed by atoms with Crippen molar-refractivity contribution in [3.8, 4) is 0 Å². The van der Waals surface area contributed by atoms with Crippen LogP contribution in [0.3, 0.4) is 0 Å². The normalized spacial score (nSPS) is 23.0. The van der Waals surface area contributed by atoms with Crippen LogP contribution in [0.25, 0.3) is 0 Å². The number of hydrogen-bond donors (Lipinski definition) is 2. The lowest BCUT2D eigenvalue weighted by molar-refractivity contribution is -0.123. The van der Waals surface area contributed by atoms with E-state index in [0.29, 0.717) is 13.0 Å². The molecule has 2 N–H and O–H groups in total. The number of nitrogens with one attached hydrogen (secondary N) is 2. The minimum atomic E-state index is -0.516. The molecule has 0 aromatic carbocycles. The second-order valence-electron chi connectivity index (χ2n) is 8.06. The summed E-state index contributed by atoms with van der Waals surface area (Å²) in [5, 5.41) is 5.99. The monoisotopic (exact) mass is 340 g/mol. The SMILES string of the molecule is CC(C)(C)OC(=O)NCC1(NC(=O)CC[C@@H]2CCCO2)CCCC1. The first-order chi connectivity index (χ1) is 11.3. The summed E-state index contributed by atoms with van der Waals surface area (Å²) in [6, 6.07) is 0. The van der Waals surface area contributed by atoms with Crippen LogP contribution >= 0.6 is 0 Å². The molecule has 138 valence electrons. The Hall–Kier alpha value is -1.30. The van der Waals surface area contributed by atoms with Crippen molar-refractivity contribution in [2.75, 3.05) is 13.2 Å². The van der Waals surface area contributed by atoms with Crippen LogP contribution in [-0.4, -0.2) is 42.4 Å². The number of amides is 2. The van der Waals surface area contributed by atoms with Gasteiger partial charge in [0.2, 0.25) is 5.91 Å². The van der Waals surface area contributed by atoms with E-state index in [-0.39, 0.29) is 17.6 Å². The van der Waals surface area contributed by atoms with Crippen molar-refractivity contribution in [1.82, 2.24) is 10.6 Å². The minimum absolute atomic E-state index is 0.0541. The zero-order valence-electron chi connectivity index (χ0n) is 15.3. The molecule has 0 aromatic rings. The molecule has 1 saturated carbocycles. The molecule has 24 heavy (non-hydrogen) atoms. The van der Waals surface area contributed by atoms with Crippen molar-refractivity contribution in [2.24, 2.45) is 0 Å². The fourth-order valence-electron chi connectivity index (χ4n) is 3.48. The Kier molecular flexibility index (Phi) is 6.49. The Morgan fingerprint density at radius 2 is 1.92 bits per heavy atom. The topological polar surface area (TPSA) is 76.7 Å². The van der Waals surface area contributed by atoms with Crippen molar-refractivity contribution in [1.29, 1.82) is 0 Å². The molecule has 6 nitrogen and oxygen atoms in total. The summed E-state index contributed by atoms with van der Waals surface area (Å²) in [6.45, 7) is 6.75. The zero-order valence-corrected chi connectivity index (χ0v) is 15.3. The van der Waals surface area contributed by atoms with Gasteiger partial charge in [0, 0.05) is 19.6 Å². The molecule has 0 aromatic heterocycles.